The van der Waals surface area contributed by atoms with Gasteiger partial charge in [-0.1, -0.05) is 53.8 Å². The predicted octanol–water partition coefficient (Wildman–Crippen LogP) is 4.11. The summed E-state index contributed by atoms with van der Waals surface area (Å²) in [6.07, 6.45) is 0. The molecule has 0 unspecified atom stereocenters. The molecule has 136 valence electrons. The Morgan fingerprint density at radius 2 is 1.62 bits per heavy atom. The van der Waals surface area contributed by atoms with E-state index in [1.807, 2.05) is 30.3 Å². The van der Waals surface area contributed by atoms with Gasteiger partial charge in [-0.15, -0.1) is 10.2 Å². The van der Waals surface area contributed by atoms with Crippen molar-refractivity contribution >= 4 is 26.9 Å². The largest absolute Gasteiger partial charge is 0.501 e. The molecule has 0 amide bonds. The highest BCUT2D eigenvalue weighted by Crippen LogP contribution is 2.34. The SMILES string of the molecule is O=S(=O)(c1ccccc1NCc1nnc(-c2ccccc2)s1)C(F)(F)F. The number of para-hydroxylation sites is 1. The molecule has 0 radical (unpaired) electrons. The highest BCUT2D eigenvalue weighted by atomic mass is 32.2. The van der Waals surface area contributed by atoms with Crippen molar-refractivity contribution in [2.24, 2.45) is 0 Å². The third kappa shape index (κ3) is 3.70. The molecular weight excluding hydrogens is 387 g/mol. The first kappa shape index (κ1) is 18.3. The van der Waals surface area contributed by atoms with Gasteiger partial charge in [0.15, 0.2) is 0 Å². The number of anilines is 1. The number of benzene rings is 2. The van der Waals surface area contributed by atoms with Crippen LogP contribution >= 0.6 is 11.3 Å². The summed E-state index contributed by atoms with van der Waals surface area (Å²) in [4.78, 5) is -0.819. The van der Waals surface area contributed by atoms with Gasteiger partial charge in [0.05, 0.1) is 17.1 Å². The molecule has 3 rings (SSSR count). The molecule has 0 aliphatic rings. The van der Waals surface area contributed by atoms with Gasteiger partial charge < -0.3 is 5.32 Å². The number of nitrogens with one attached hydrogen (secondary N) is 1. The van der Waals surface area contributed by atoms with Gasteiger partial charge in [0.1, 0.15) is 10.0 Å². The molecule has 0 saturated carbocycles. The molecule has 1 N–H and O–H groups in total. The Kier molecular flexibility index (Phi) is 4.97. The summed E-state index contributed by atoms with van der Waals surface area (Å²) < 4.78 is 61.8. The van der Waals surface area contributed by atoms with E-state index in [-0.39, 0.29) is 12.2 Å². The van der Waals surface area contributed by atoms with Crippen molar-refractivity contribution in [1.29, 1.82) is 0 Å². The van der Waals surface area contributed by atoms with Crippen LogP contribution in [0.25, 0.3) is 10.6 Å². The van der Waals surface area contributed by atoms with Crippen LogP contribution in [0, 0.1) is 0 Å². The van der Waals surface area contributed by atoms with Crippen molar-refractivity contribution in [3.63, 3.8) is 0 Å². The molecule has 1 heterocycles. The Morgan fingerprint density at radius 1 is 0.962 bits per heavy atom. The van der Waals surface area contributed by atoms with E-state index in [1.54, 1.807) is 0 Å². The predicted molar refractivity (Wildman–Crippen MR) is 92.4 cm³/mol. The van der Waals surface area contributed by atoms with Crippen LogP contribution in [-0.4, -0.2) is 24.1 Å². The lowest BCUT2D eigenvalue weighted by molar-refractivity contribution is -0.0435. The maximum absolute atomic E-state index is 12.8. The van der Waals surface area contributed by atoms with Gasteiger partial charge in [-0.3, -0.25) is 0 Å². The molecule has 26 heavy (non-hydrogen) atoms. The van der Waals surface area contributed by atoms with Crippen LogP contribution in [0.3, 0.4) is 0 Å². The van der Waals surface area contributed by atoms with Gasteiger partial charge in [0.25, 0.3) is 9.84 Å². The van der Waals surface area contributed by atoms with Crippen LogP contribution < -0.4 is 5.32 Å². The molecule has 10 heteroatoms. The number of sulfone groups is 1. The Balaban J connectivity index is 1.81. The number of hydrogen-bond donors (Lipinski definition) is 1. The second kappa shape index (κ2) is 7.04. The molecule has 1 aromatic heterocycles. The van der Waals surface area contributed by atoms with Crippen LogP contribution in [0.15, 0.2) is 59.5 Å². The normalized spacial score (nSPS) is 12.1. The third-order valence-electron chi connectivity index (χ3n) is 3.40. The summed E-state index contributed by atoms with van der Waals surface area (Å²) in [7, 11) is -5.44. The Hall–Kier alpha value is -2.46. The van der Waals surface area contributed by atoms with E-state index in [2.05, 4.69) is 15.5 Å². The Labute approximate surface area is 151 Å². The average molecular weight is 399 g/mol. The lowest BCUT2D eigenvalue weighted by Crippen LogP contribution is -2.24. The lowest BCUT2D eigenvalue weighted by Gasteiger charge is -2.13. The van der Waals surface area contributed by atoms with Gasteiger partial charge in [0.2, 0.25) is 0 Å². The minimum absolute atomic E-state index is 0.0505. The second-order valence-corrected chi connectivity index (χ2v) is 8.14. The van der Waals surface area contributed by atoms with Gasteiger partial charge in [-0.05, 0) is 12.1 Å². The van der Waals surface area contributed by atoms with Gasteiger partial charge >= 0.3 is 5.51 Å². The zero-order valence-electron chi connectivity index (χ0n) is 13.1. The first-order valence-corrected chi connectivity index (χ1v) is 9.61. The summed E-state index contributed by atoms with van der Waals surface area (Å²) in [6, 6.07) is 14.2. The highest BCUT2D eigenvalue weighted by Gasteiger charge is 2.47. The van der Waals surface area contributed by atoms with Crippen LogP contribution in [0.4, 0.5) is 18.9 Å². The summed E-state index contributed by atoms with van der Waals surface area (Å²) in [5, 5.41) is 11.9. The molecule has 0 bridgehead atoms. The monoisotopic (exact) mass is 399 g/mol. The number of nitrogens with zero attached hydrogens (tertiary/aromatic N) is 2. The number of hydrogen-bond acceptors (Lipinski definition) is 6. The van der Waals surface area contributed by atoms with Crippen molar-refractivity contribution in [3.8, 4) is 10.6 Å². The van der Waals surface area contributed by atoms with Crippen molar-refractivity contribution in [2.45, 2.75) is 16.9 Å². The molecular formula is C16H12F3N3O2S2. The van der Waals surface area contributed by atoms with E-state index in [4.69, 9.17) is 0 Å². The number of halogens is 3. The lowest BCUT2D eigenvalue weighted by atomic mass is 10.2. The fraction of sp³-hybridized carbons (Fsp3) is 0.125. The number of rotatable bonds is 5. The molecule has 0 spiro atoms. The minimum Gasteiger partial charge on any atom is -0.377 e. The van der Waals surface area contributed by atoms with Crippen LogP contribution in [0.1, 0.15) is 5.01 Å². The van der Waals surface area contributed by atoms with Crippen LogP contribution in [0.2, 0.25) is 0 Å². The molecule has 0 aliphatic heterocycles. The Bertz CT molecular complexity index is 1000. The molecule has 0 fully saturated rings. The van der Waals surface area contributed by atoms with Crippen LogP contribution in [0.5, 0.6) is 0 Å². The van der Waals surface area contributed by atoms with Crippen molar-refractivity contribution in [1.82, 2.24) is 10.2 Å². The summed E-state index contributed by atoms with van der Waals surface area (Å²) in [6.45, 7) is 0.0505. The molecule has 0 atom stereocenters. The summed E-state index contributed by atoms with van der Waals surface area (Å²) in [5.74, 6) is 0. The second-order valence-electron chi connectivity index (χ2n) is 5.17. The zero-order valence-corrected chi connectivity index (χ0v) is 14.7. The fourth-order valence-corrected chi connectivity index (χ4v) is 3.89. The van der Waals surface area contributed by atoms with Gasteiger partial charge in [-0.2, -0.15) is 13.2 Å². The average Bonchev–Trinajstić information content (AvgIpc) is 3.09. The van der Waals surface area contributed by atoms with E-state index >= 15 is 0 Å². The quantitative estimate of drug-likeness (QED) is 0.699. The third-order valence-corrected chi connectivity index (χ3v) is 5.92. The molecule has 2 aromatic carbocycles. The molecule has 0 saturated heterocycles. The maximum atomic E-state index is 12.8. The fourth-order valence-electron chi connectivity index (χ4n) is 2.16. The first-order chi connectivity index (χ1) is 12.3. The van der Waals surface area contributed by atoms with Gasteiger partial charge in [-0.25, -0.2) is 8.42 Å². The van der Waals surface area contributed by atoms with Crippen molar-refractivity contribution < 1.29 is 21.6 Å². The number of alkyl halides is 3. The Morgan fingerprint density at radius 3 is 2.31 bits per heavy atom. The van der Waals surface area contributed by atoms with E-state index in [0.717, 1.165) is 11.6 Å². The maximum Gasteiger partial charge on any atom is 0.501 e. The molecule has 0 aliphatic carbocycles. The first-order valence-electron chi connectivity index (χ1n) is 7.31. The van der Waals surface area contributed by atoms with E-state index in [0.29, 0.717) is 10.0 Å². The topological polar surface area (TPSA) is 72.0 Å². The standard InChI is InChI=1S/C16H12F3N3O2S2/c17-16(18,19)26(23,24)13-9-5-4-8-12(13)20-10-14-21-22-15(25-14)11-6-2-1-3-7-11/h1-9,20H,10H2. The van der Waals surface area contributed by atoms with E-state index in [1.165, 1.54) is 29.5 Å². The highest BCUT2D eigenvalue weighted by molar-refractivity contribution is 7.92. The molecule has 3 aromatic rings. The summed E-state index contributed by atoms with van der Waals surface area (Å²) >= 11 is 1.27. The van der Waals surface area contributed by atoms with Crippen molar-refractivity contribution in [3.05, 3.63) is 59.6 Å². The minimum atomic E-state index is -5.44. The molecule has 5 nitrogen and oxygen atoms in total. The van der Waals surface area contributed by atoms with E-state index in [9.17, 15) is 21.6 Å². The number of aromatic nitrogens is 2. The van der Waals surface area contributed by atoms with Gasteiger partial charge in [0, 0.05) is 5.56 Å². The van der Waals surface area contributed by atoms with Crippen molar-refractivity contribution in [2.75, 3.05) is 5.32 Å². The van der Waals surface area contributed by atoms with Crippen LogP contribution in [-0.2, 0) is 16.4 Å². The smallest absolute Gasteiger partial charge is 0.377 e. The zero-order chi connectivity index (χ0) is 18.8. The summed E-state index contributed by atoms with van der Waals surface area (Å²) in [5.41, 5.74) is -4.63. The van der Waals surface area contributed by atoms with E-state index < -0.39 is 20.2 Å².